The summed E-state index contributed by atoms with van der Waals surface area (Å²) < 4.78 is 17.9. The van der Waals surface area contributed by atoms with Gasteiger partial charge < -0.3 is 10.1 Å². The molecule has 0 aliphatic rings. The van der Waals surface area contributed by atoms with Crippen LogP contribution in [0.2, 0.25) is 0 Å². The summed E-state index contributed by atoms with van der Waals surface area (Å²) in [6, 6.07) is 4.90. The number of ether oxygens (including phenoxy) is 1. The number of halogens is 1. The molecule has 0 aromatic heterocycles. The smallest absolute Gasteiger partial charge is 0.125 e. The molecule has 0 saturated heterocycles. The number of rotatable bonds is 4. The third-order valence-corrected chi connectivity index (χ3v) is 2.02. The highest BCUT2D eigenvalue weighted by molar-refractivity contribution is 5.51. The molecule has 0 fully saturated rings. The van der Waals surface area contributed by atoms with Crippen molar-refractivity contribution in [3.63, 3.8) is 0 Å². The van der Waals surface area contributed by atoms with E-state index in [2.05, 4.69) is 5.32 Å². The van der Waals surface area contributed by atoms with Gasteiger partial charge in [-0.2, -0.15) is 0 Å². The van der Waals surface area contributed by atoms with Crippen LogP contribution in [0.25, 0.3) is 0 Å². The number of aryl methyl sites for hydroxylation is 1. The molecule has 3 heteroatoms. The van der Waals surface area contributed by atoms with Gasteiger partial charge in [-0.15, -0.1) is 0 Å². The summed E-state index contributed by atoms with van der Waals surface area (Å²) in [4.78, 5) is 0. The van der Waals surface area contributed by atoms with Gasteiger partial charge in [0.1, 0.15) is 5.82 Å². The molecule has 0 aliphatic heterocycles. The van der Waals surface area contributed by atoms with E-state index in [0.717, 1.165) is 11.3 Å². The maximum absolute atomic E-state index is 12.9. The predicted molar refractivity (Wildman–Crippen MR) is 56.1 cm³/mol. The first-order chi connectivity index (χ1) is 6.63. The van der Waals surface area contributed by atoms with Gasteiger partial charge in [-0.05, 0) is 31.5 Å². The van der Waals surface area contributed by atoms with E-state index in [0.29, 0.717) is 6.61 Å². The number of benzene rings is 1. The Labute approximate surface area is 84.1 Å². The van der Waals surface area contributed by atoms with Crippen molar-refractivity contribution >= 4 is 5.69 Å². The highest BCUT2D eigenvalue weighted by atomic mass is 19.1. The molecule has 0 aliphatic carbocycles. The molecule has 1 aromatic carbocycles. The van der Waals surface area contributed by atoms with Crippen molar-refractivity contribution in [1.29, 1.82) is 0 Å². The Kier molecular flexibility index (Phi) is 3.89. The average Bonchev–Trinajstić information content (AvgIpc) is 2.12. The molecule has 1 N–H and O–H groups in total. The van der Waals surface area contributed by atoms with Crippen LogP contribution in [0.3, 0.4) is 0 Å². The van der Waals surface area contributed by atoms with Crippen LogP contribution < -0.4 is 5.32 Å². The van der Waals surface area contributed by atoms with Crippen molar-refractivity contribution < 1.29 is 9.13 Å². The summed E-state index contributed by atoms with van der Waals surface area (Å²) in [7, 11) is 1.65. The molecular weight excluding hydrogens is 181 g/mol. The van der Waals surface area contributed by atoms with Crippen molar-refractivity contribution in [2.45, 2.75) is 19.9 Å². The van der Waals surface area contributed by atoms with Crippen molar-refractivity contribution in [1.82, 2.24) is 0 Å². The second kappa shape index (κ2) is 4.96. The number of hydrogen-bond acceptors (Lipinski definition) is 2. The standard InChI is InChI=1S/C11H16FNO/c1-8-4-5-10(12)6-11(8)13-9(2)7-14-3/h4-6,9,13H,7H2,1-3H3/t9-/m1/s1. The van der Waals surface area contributed by atoms with Crippen molar-refractivity contribution in [2.24, 2.45) is 0 Å². The van der Waals surface area contributed by atoms with Crippen LogP contribution in [-0.2, 0) is 4.74 Å². The third kappa shape index (κ3) is 3.00. The van der Waals surface area contributed by atoms with Crippen molar-refractivity contribution in [3.8, 4) is 0 Å². The minimum Gasteiger partial charge on any atom is -0.383 e. The van der Waals surface area contributed by atoms with Gasteiger partial charge >= 0.3 is 0 Å². The van der Waals surface area contributed by atoms with E-state index in [4.69, 9.17) is 4.74 Å². The lowest BCUT2D eigenvalue weighted by Gasteiger charge is -2.16. The zero-order valence-electron chi connectivity index (χ0n) is 8.80. The van der Waals surface area contributed by atoms with Crippen LogP contribution in [0.1, 0.15) is 12.5 Å². The van der Waals surface area contributed by atoms with E-state index in [9.17, 15) is 4.39 Å². The Morgan fingerprint density at radius 2 is 2.21 bits per heavy atom. The maximum atomic E-state index is 12.9. The number of nitrogens with one attached hydrogen (secondary N) is 1. The van der Waals surface area contributed by atoms with Crippen LogP contribution in [0.4, 0.5) is 10.1 Å². The minimum atomic E-state index is -0.220. The van der Waals surface area contributed by atoms with E-state index in [1.807, 2.05) is 13.8 Å². The zero-order chi connectivity index (χ0) is 10.6. The Balaban J connectivity index is 2.70. The molecule has 1 aromatic rings. The average molecular weight is 197 g/mol. The molecule has 1 atom stereocenters. The first kappa shape index (κ1) is 11.0. The van der Waals surface area contributed by atoms with Crippen molar-refractivity contribution in [2.75, 3.05) is 19.0 Å². The van der Waals surface area contributed by atoms with Gasteiger partial charge in [0.25, 0.3) is 0 Å². The van der Waals surface area contributed by atoms with E-state index in [1.54, 1.807) is 13.2 Å². The van der Waals surface area contributed by atoms with Crippen LogP contribution in [-0.4, -0.2) is 19.8 Å². The molecule has 14 heavy (non-hydrogen) atoms. The molecule has 0 saturated carbocycles. The molecule has 0 unspecified atom stereocenters. The number of hydrogen-bond donors (Lipinski definition) is 1. The van der Waals surface area contributed by atoms with Gasteiger partial charge in [-0.1, -0.05) is 6.07 Å². The van der Waals surface area contributed by atoms with Gasteiger partial charge in [-0.25, -0.2) is 4.39 Å². The Morgan fingerprint density at radius 3 is 2.86 bits per heavy atom. The minimum absolute atomic E-state index is 0.181. The largest absolute Gasteiger partial charge is 0.383 e. The summed E-state index contributed by atoms with van der Waals surface area (Å²) in [5.41, 5.74) is 1.86. The lowest BCUT2D eigenvalue weighted by Crippen LogP contribution is -2.21. The van der Waals surface area contributed by atoms with Crippen LogP contribution in [0.5, 0.6) is 0 Å². The molecule has 0 bridgehead atoms. The highest BCUT2D eigenvalue weighted by Gasteiger charge is 2.04. The first-order valence-electron chi connectivity index (χ1n) is 4.65. The summed E-state index contributed by atoms with van der Waals surface area (Å²) >= 11 is 0. The quantitative estimate of drug-likeness (QED) is 0.801. The fourth-order valence-electron chi connectivity index (χ4n) is 1.31. The molecule has 0 radical (unpaired) electrons. The normalized spacial score (nSPS) is 12.6. The maximum Gasteiger partial charge on any atom is 0.125 e. The highest BCUT2D eigenvalue weighted by Crippen LogP contribution is 2.16. The molecule has 0 spiro atoms. The Bertz CT molecular complexity index is 301. The van der Waals surface area contributed by atoms with Crippen LogP contribution >= 0.6 is 0 Å². The Morgan fingerprint density at radius 1 is 1.50 bits per heavy atom. The molecule has 0 amide bonds. The topological polar surface area (TPSA) is 21.3 Å². The fourth-order valence-corrected chi connectivity index (χ4v) is 1.31. The predicted octanol–water partition coefficient (Wildman–Crippen LogP) is 2.58. The van der Waals surface area contributed by atoms with Crippen molar-refractivity contribution in [3.05, 3.63) is 29.6 Å². The summed E-state index contributed by atoms with van der Waals surface area (Å²) in [5, 5.41) is 3.19. The van der Waals surface area contributed by atoms with Gasteiger partial charge in [0.05, 0.1) is 6.61 Å². The molecule has 1 rings (SSSR count). The van der Waals surface area contributed by atoms with Gasteiger partial charge in [0.2, 0.25) is 0 Å². The van der Waals surface area contributed by atoms with Gasteiger partial charge in [0, 0.05) is 18.8 Å². The van der Waals surface area contributed by atoms with E-state index >= 15 is 0 Å². The van der Waals surface area contributed by atoms with Gasteiger partial charge in [-0.3, -0.25) is 0 Å². The second-order valence-corrected chi connectivity index (χ2v) is 3.46. The third-order valence-electron chi connectivity index (χ3n) is 2.02. The second-order valence-electron chi connectivity index (χ2n) is 3.46. The molecular formula is C11H16FNO. The van der Waals surface area contributed by atoms with E-state index < -0.39 is 0 Å². The molecule has 2 nitrogen and oxygen atoms in total. The number of methoxy groups -OCH3 is 1. The summed E-state index contributed by atoms with van der Waals surface area (Å²) in [6.45, 7) is 4.55. The zero-order valence-corrected chi connectivity index (χ0v) is 8.80. The SMILES string of the molecule is COC[C@@H](C)Nc1cc(F)ccc1C. The van der Waals surface area contributed by atoms with Crippen LogP contribution in [0, 0.1) is 12.7 Å². The molecule has 78 valence electrons. The summed E-state index contributed by atoms with van der Waals surface area (Å²) in [5.74, 6) is -0.220. The van der Waals surface area contributed by atoms with Crippen LogP contribution in [0.15, 0.2) is 18.2 Å². The monoisotopic (exact) mass is 197 g/mol. The lowest BCUT2D eigenvalue weighted by atomic mass is 10.2. The fraction of sp³-hybridized carbons (Fsp3) is 0.455. The summed E-state index contributed by atoms with van der Waals surface area (Å²) in [6.07, 6.45) is 0. The number of anilines is 1. The van der Waals surface area contributed by atoms with Gasteiger partial charge in [0.15, 0.2) is 0 Å². The lowest BCUT2D eigenvalue weighted by molar-refractivity contribution is 0.190. The van der Waals surface area contributed by atoms with E-state index in [1.165, 1.54) is 12.1 Å². The first-order valence-corrected chi connectivity index (χ1v) is 4.65. The Hall–Kier alpha value is -1.09. The van der Waals surface area contributed by atoms with E-state index in [-0.39, 0.29) is 11.9 Å². The molecule has 0 heterocycles.